The first-order chi connectivity index (χ1) is 8.72. The number of nitrogens with zero attached hydrogens (tertiary/aromatic N) is 3. The van der Waals surface area contributed by atoms with Crippen LogP contribution < -0.4 is 16.2 Å². The molecule has 1 fully saturated rings. The first kappa shape index (κ1) is 13.0. The molecule has 0 atom stereocenters. The molecule has 2 heterocycles. The first-order valence-electron chi connectivity index (χ1n) is 6.29. The first-order valence-corrected chi connectivity index (χ1v) is 6.29. The van der Waals surface area contributed by atoms with Crippen molar-refractivity contribution < 1.29 is 4.74 Å². The Hall–Kier alpha value is -1.40. The summed E-state index contributed by atoms with van der Waals surface area (Å²) in [4.78, 5) is 10.6. The zero-order valence-corrected chi connectivity index (χ0v) is 11.0. The number of nitrogens with one attached hydrogen (secondary N) is 1. The largest absolute Gasteiger partial charge is 0.381 e. The number of anilines is 2. The summed E-state index contributed by atoms with van der Waals surface area (Å²) in [7, 11) is 2.06. The van der Waals surface area contributed by atoms with E-state index in [9.17, 15) is 0 Å². The van der Waals surface area contributed by atoms with Gasteiger partial charge in [-0.1, -0.05) is 0 Å². The summed E-state index contributed by atoms with van der Waals surface area (Å²) >= 11 is 0. The molecule has 1 saturated heterocycles. The van der Waals surface area contributed by atoms with Crippen molar-refractivity contribution >= 4 is 11.6 Å². The molecular weight excluding hydrogens is 230 g/mol. The maximum atomic E-state index is 5.43. The van der Waals surface area contributed by atoms with E-state index in [0.717, 1.165) is 44.0 Å². The lowest BCUT2D eigenvalue weighted by atomic mass is 10.00. The number of hydrogen-bond donors (Lipinski definition) is 2. The average Bonchev–Trinajstić information content (AvgIpc) is 2.40. The third-order valence-corrected chi connectivity index (χ3v) is 3.43. The van der Waals surface area contributed by atoms with E-state index in [1.165, 1.54) is 6.33 Å². The molecule has 0 aromatic carbocycles. The van der Waals surface area contributed by atoms with Gasteiger partial charge < -0.3 is 15.1 Å². The molecule has 0 amide bonds. The fourth-order valence-corrected chi connectivity index (χ4v) is 2.37. The van der Waals surface area contributed by atoms with E-state index < -0.39 is 0 Å². The molecule has 18 heavy (non-hydrogen) atoms. The summed E-state index contributed by atoms with van der Waals surface area (Å²) in [6.07, 6.45) is 3.78. The third-order valence-electron chi connectivity index (χ3n) is 3.43. The van der Waals surface area contributed by atoms with Crippen molar-refractivity contribution in [3.8, 4) is 0 Å². The molecule has 1 aromatic rings. The van der Waals surface area contributed by atoms with E-state index in [2.05, 4.69) is 27.3 Å². The predicted octanol–water partition coefficient (Wildman–Crippen LogP) is 0.933. The van der Waals surface area contributed by atoms with Crippen molar-refractivity contribution in [2.24, 2.45) is 11.8 Å². The Morgan fingerprint density at radius 3 is 2.83 bits per heavy atom. The molecule has 1 aliphatic rings. The van der Waals surface area contributed by atoms with Crippen molar-refractivity contribution in [2.45, 2.75) is 19.8 Å². The third kappa shape index (κ3) is 2.88. The Morgan fingerprint density at radius 1 is 1.44 bits per heavy atom. The minimum atomic E-state index is 0.674. The molecule has 0 spiro atoms. The van der Waals surface area contributed by atoms with Crippen molar-refractivity contribution in [2.75, 3.05) is 37.1 Å². The molecule has 0 aliphatic carbocycles. The van der Waals surface area contributed by atoms with Gasteiger partial charge in [-0.3, -0.25) is 0 Å². The summed E-state index contributed by atoms with van der Waals surface area (Å²) < 4.78 is 5.38. The highest BCUT2D eigenvalue weighted by atomic mass is 16.5. The minimum absolute atomic E-state index is 0.674. The van der Waals surface area contributed by atoms with Crippen LogP contribution in [-0.4, -0.2) is 36.8 Å². The Morgan fingerprint density at radius 2 is 2.17 bits per heavy atom. The standard InChI is InChI=1S/C12H21N5O/c1-9-11(16-13)14-8-15-12(9)17(2)7-10-3-5-18-6-4-10/h8,10H,3-7,13H2,1-2H3,(H,14,15,16). The van der Waals surface area contributed by atoms with Gasteiger partial charge in [0, 0.05) is 32.4 Å². The second-order valence-electron chi connectivity index (χ2n) is 4.75. The molecule has 1 aliphatic heterocycles. The molecule has 6 heteroatoms. The Kier molecular flexibility index (Phi) is 4.33. The predicted molar refractivity (Wildman–Crippen MR) is 71.4 cm³/mol. The highest BCUT2D eigenvalue weighted by molar-refractivity contribution is 5.56. The number of rotatable bonds is 4. The number of aromatic nitrogens is 2. The van der Waals surface area contributed by atoms with Gasteiger partial charge in [-0.2, -0.15) is 0 Å². The van der Waals surface area contributed by atoms with Crippen LogP contribution in [0.15, 0.2) is 6.33 Å². The summed E-state index contributed by atoms with van der Waals surface area (Å²) in [5.74, 6) is 7.72. The topological polar surface area (TPSA) is 76.3 Å². The van der Waals surface area contributed by atoms with E-state index in [4.69, 9.17) is 10.6 Å². The Balaban J connectivity index is 2.05. The van der Waals surface area contributed by atoms with Crippen LogP contribution in [0, 0.1) is 12.8 Å². The van der Waals surface area contributed by atoms with E-state index in [1.54, 1.807) is 0 Å². The molecule has 3 N–H and O–H groups in total. The molecular formula is C12H21N5O. The van der Waals surface area contributed by atoms with E-state index in [-0.39, 0.29) is 0 Å². The molecule has 2 rings (SSSR count). The normalized spacial score (nSPS) is 16.6. The van der Waals surface area contributed by atoms with Crippen molar-refractivity contribution in [1.29, 1.82) is 0 Å². The second-order valence-corrected chi connectivity index (χ2v) is 4.75. The highest BCUT2D eigenvalue weighted by Gasteiger charge is 2.18. The molecule has 0 saturated carbocycles. The van der Waals surface area contributed by atoms with Gasteiger partial charge in [0.05, 0.1) is 0 Å². The fourth-order valence-electron chi connectivity index (χ4n) is 2.37. The van der Waals surface area contributed by atoms with Crippen LogP contribution in [-0.2, 0) is 4.74 Å². The Labute approximate surface area is 108 Å². The number of hydrazine groups is 1. The molecule has 100 valence electrons. The van der Waals surface area contributed by atoms with Crippen LogP contribution >= 0.6 is 0 Å². The summed E-state index contributed by atoms with van der Waals surface area (Å²) in [6.45, 7) is 4.71. The van der Waals surface area contributed by atoms with Crippen LogP contribution in [0.2, 0.25) is 0 Å². The van der Waals surface area contributed by atoms with E-state index >= 15 is 0 Å². The van der Waals surface area contributed by atoms with Gasteiger partial charge in [0.25, 0.3) is 0 Å². The van der Waals surface area contributed by atoms with Crippen LogP contribution in [0.4, 0.5) is 11.6 Å². The molecule has 6 nitrogen and oxygen atoms in total. The van der Waals surface area contributed by atoms with Crippen LogP contribution in [0.25, 0.3) is 0 Å². The van der Waals surface area contributed by atoms with Crippen LogP contribution in [0.5, 0.6) is 0 Å². The number of ether oxygens (including phenoxy) is 1. The summed E-state index contributed by atoms with van der Waals surface area (Å²) in [5.41, 5.74) is 3.58. The smallest absolute Gasteiger partial charge is 0.148 e. The van der Waals surface area contributed by atoms with E-state index in [1.807, 2.05) is 6.92 Å². The average molecular weight is 251 g/mol. The summed E-state index contributed by atoms with van der Waals surface area (Å²) in [5, 5.41) is 0. The summed E-state index contributed by atoms with van der Waals surface area (Å²) in [6, 6.07) is 0. The zero-order chi connectivity index (χ0) is 13.0. The van der Waals surface area contributed by atoms with Gasteiger partial charge in [-0.15, -0.1) is 0 Å². The van der Waals surface area contributed by atoms with Crippen LogP contribution in [0.3, 0.4) is 0 Å². The zero-order valence-electron chi connectivity index (χ0n) is 11.0. The van der Waals surface area contributed by atoms with Gasteiger partial charge in [0.15, 0.2) is 0 Å². The van der Waals surface area contributed by atoms with Crippen molar-refractivity contribution in [3.05, 3.63) is 11.9 Å². The number of nitrogen functional groups attached to an aromatic ring is 1. The highest BCUT2D eigenvalue weighted by Crippen LogP contribution is 2.23. The number of hydrogen-bond acceptors (Lipinski definition) is 6. The van der Waals surface area contributed by atoms with Gasteiger partial charge >= 0.3 is 0 Å². The van der Waals surface area contributed by atoms with Gasteiger partial charge in [-0.05, 0) is 25.7 Å². The van der Waals surface area contributed by atoms with E-state index in [0.29, 0.717) is 11.7 Å². The lowest BCUT2D eigenvalue weighted by Gasteiger charge is -2.28. The lowest BCUT2D eigenvalue weighted by molar-refractivity contribution is 0.0685. The quantitative estimate of drug-likeness (QED) is 0.612. The molecule has 0 radical (unpaired) electrons. The van der Waals surface area contributed by atoms with Gasteiger partial charge in [0.1, 0.15) is 18.0 Å². The van der Waals surface area contributed by atoms with Gasteiger partial charge in [-0.25, -0.2) is 15.8 Å². The molecule has 0 bridgehead atoms. The SMILES string of the molecule is Cc1c(NN)ncnc1N(C)CC1CCOCC1. The fraction of sp³-hybridized carbons (Fsp3) is 0.667. The van der Waals surface area contributed by atoms with Gasteiger partial charge in [0.2, 0.25) is 0 Å². The maximum absolute atomic E-state index is 5.43. The Bertz CT molecular complexity index is 392. The second kappa shape index (κ2) is 5.97. The number of nitrogens with two attached hydrogens (primary N) is 1. The molecule has 0 unspecified atom stereocenters. The van der Waals surface area contributed by atoms with Crippen molar-refractivity contribution in [3.63, 3.8) is 0 Å². The monoisotopic (exact) mass is 251 g/mol. The molecule has 1 aromatic heterocycles. The maximum Gasteiger partial charge on any atom is 0.148 e. The minimum Gasteiger partial charge on any atom is -0.381 e. The van der Waals surface area contributed by atoms with Crippen molar-refractivity contribution in [1.82, 2.24) is 9.97 Å². The van der Waals surface area contributed by atoms with Crippen LogP contribution in [0.1, 0.15) is 18.4 Å². The lowest BCUT2D eigenvalue weighted by Crippen LogP contribution is -2.30.